The fourth-order valence-corrected chi connectivity index (χ4v) is 1.62. The number of aryl methyl sites for hydroxylation is 1. The van der Waals surface area contributed by atoms with Crippen molar-refractivity contribution in [3.63, 3.8) is 0 Å². The lowest BCUT2D eigenvalue weighted by molar-refractivity contribution is 0.815. The van der Waals surface area contributed by atoms with E-state index in [9.17, 15) is 0 Å². The van der Waals surface area contributed by atoms with Crippen LogP contribution in [0.5, 0.6) is 0 Å². The lowest BCUT2D eigenvalue weighted by atomic mass is 10.1. The van der Waals surface area contributed by atoms with E-state index in [1.807, 2.05) is 6.92 Å². The Bertz CT molecular complexity index is 540. The molecule has 0 saturated carbocycles. The maximum atomic E-state index is 5.99. The monoisotopic (exact) mass is 248 g/mol. The molecule has 2 rings (SSSR count). The van der Waals surface area contributed by atoms with E-state index < -0.39 is 0 Å². The van der Waals surface area contributed by atoms with Crippen molar-refractivity contribution in [1.82, 2.24) is 19.9 Å². The summed E-state index contributed by atoms with van der Waals surface area (Å²) in [5, 5.41) is 0.440. The third-order valence-electron chi connectivity index (χ3n) is 2.31. The van der Waals surface area contributed by atoms with Crippen LogP contribution in [-0.2, 0) is 0 Å². The average Bonchev–Trinajstić information content (AvgIpc) is 2.28. The summed E-state index contributed by atoms with van der Waals surface area (Å²) in [5.74, 6) is 1.54. The Labute approximate surface area is 105 Å². The quantitative estimate of drug-likeness (QED) is 0.767. The van der Waals surface area contributed by atoms with Crippen LogP contribution < -0.4 is 0 Å². The van der Waals surface area contributed by atoms with Gasteiger partial charge in [0.25, 0.3) is 0 Å². The van der Waals surface area contributed by atoms with Gasteiger partial charge in [0.1, 0.15) is 16.7 Å². The molecule has 0 bridgehead atoms. The lowest BCUT2D eigenvalue weighted by Crippen LogP contribution is -2.00. The summed E-state index contributed by atoms with van der Waals surface area (Å²) in [7, 11) is 0. The number of aromatic nitrogens is 4. The molecule has 0 unspecified atom stereocenters. The van der Waals surface area contributed by atoms with Gasteiger partial charge in [-0.15, -0.1) is 0 Å². The minimum Gasteiger partial charge on any atom is -0.242 e. The molecular formula is C12H13ClN4. The molecule has 0 fully saturated rings. The van der Waals surface area contributed by atoms with Crippen LogP contribution in [0, 0.1) is 6.92 Å². The number of nitrogens with zero attached hydrogens (tertiary/aromatic N) is 4. The van der Waals surface area contributed by atoms with Crippen molar-refractivity contribution in [2.24, 2.45) is 0 Å². The van der Waals surface area contributed by atoms with Gasteiger partial charge in [-0.2, -0.15) is 0 Å². The van der Waals surface area contributed by atoms with Crippen LogP contribution >= 0.6 is 11.6 Å². The van der Waals surface area contributed by atoms with Gasteiger partial charge in [0, 0.05) is 11.9 Å². The molecule has 0 radical (unpaired) electrons. The molecule has 0 spiro atoms. The van der Waals surface area contributed by atoms with Crippen molar-refractivity contribution < 1.29 is 0 Å². The Morgan fingerprint density at radius 1 is 1.18 bits per heavy atom. The van der Waals surface area contributed by atoms with Crippen molar-refractivity contribution in [3.05, 3.63) is 35.0 Å². The molecule has 88 valence electrons. The maximum Gasteiger partial charge on any atom is 0.179 e. The number of rotatable bonds is 2. The third-order valence-corrected chi connectivity index (χ3v) is 2.50. The van der Waals surface area contributed by atoms with Crippen molar-refractivity contribution in [1.29, 1.82) is 0 Å². The molecule has 0 aromatic carbocycles. The summed E-state index contributed by atoms with van der Waals surface area (Å²) in [6, 6.07) is 3.56. The Kier molecular flexibility index (Phi) is 3.33. The van der Waals surface area contributed by atoms with E-state index in [-0.39, 0.29) is 0 Å². The van der Waals surface area contributed by atoms with E-state index in [1.54, 1.807) is 18.3 Å². The van der Waals surface area contributed by atoms with E-state index in [4.69, 9.17) is 11.6 Å². The lowest BCUT2D eigenvalue weighted by Gasteiger charge is -2.07. The first-order valence-corrected chi connectivity index (χ1v) is 5.78. The van der Waals surface area contributed by atoms with Crippen LogP contribution in [0.15, 0.2) is 18.3 Å². The summed E-state index contributed by atoms with van der Waals surface area (Å²) in [6.07, 6.45) is 1.69. The predicted molar refractivity (Wildman–Crippen MR) is 66.9 cm³/mol. The minimum atomic E-state index is 0.303. The van der Waals surface area contributed by atoms with Crippen LogP contribution in [0.3, 0.4) is 0 Å². The standard InChI is InChI=1S/C12H13ClN4/c1-7(2)10-6-11(13)17-12(16-10)9-4-5-14-8(3)15-9/h4-7H,1-3H3. The second-order valence-corrected chi connectivity index (χ2v) is 4.47. The van der Waals surface area contributed by atoms with Crippen LogP contribution in [0.2, 0.25) is 5.15 Å². The molecule has 4 nitrogen and oxygen atoms in total. The minimum absolute atomic E-state index is 0.303. The largest absolute Gasteiger partial charge is 0.242 e. The van der Waals surface area contributed by atoms with Gasteiger partial charge in [-0.05, 0) is 25.0 Å². The van der Waals surface area contributed by atoms with Crippen molar-refractivity contribution in [3.8, 4) is 11.5 Å². The van der Waals surface area contributed by atoms with Gasteiger partial charge in [-0.1, -0.05) is 25.4 Å². The Balaban J connectivity index is 2.52. The van der Waals surface area contributed by atoms with E-state index in [1.165, 1.54) is 0 Å². The Morgan fingerprint density at radius 2 is 1.94 bits per heavy atom. The molecule has 5 heteroatoms. The van der Waals surface area contributed by atoms with Gasteiger partial charge in [0.2, 0.25) is 0 Å². The van der Waals surface area contributed by atoms with E-state index in [0.29, 0.717) is 28.4 Å². The van der Waals surface area contributed by atoms with Crippen LogP contribution in [0.1, 0.15) is 31.3 Å². The molecule has 0 saturated heterocycles. The first-order valence-electron chi connectivity index (χ1n) is 5.41. The highest BCUT2D eigenvalue weighted by Crippen LogP contribution is 2.20. The second kappa shape index (κ2) is 4.75. The van der Waals surface area contributed by atoms with Gasteiger partial charge in [0.15, 0.2) is 5.82 Å². The molecule has 0 amide bonds. The molecule has 0 aliphatic rings. The summed E-state index contributed by atoms with van der Waals surface area (Å²) in [6.45, 7) is 5.96. The molecule has 2 aromatic heterocycles. The molecular weight excluding hydrogens is 236 g/mol. The predicted octanol–water partition coefficient (Wildman–Crippen LogP) is 3.02. The van der Waals surface area contributed by atoms with Gasteiger partial charge in [-0.3, -0.25) is 0 Å². The fourth-order valence-electron chi connectivity index (χ4n) is 1.43. The van der Waals surface area contributed by atoms with Gasteiger partial charge in [-0.25, -0.2) is 19.9 Å². The van der Waals surface area contributed by atoms with Gasteiger partial charge < -0.3 is 0 Å². The Hall–Kier alpha value is -1.55. The van der Waals surface area contributed by atoms with Crippen LogP contribution in [0.4, 0.5) is 0 Å². The van der Waals surface area contributed by atoms with Crippen molar-refractivity contribution in [2.75, 3.05) is 0 Å². The SMILES string of the molecule is Cc1nccc(-c2nc(Cl)cc(C(C)C)n2)n1. The number of halogens is 1. The molecule has 2 heterocycles. The second-order valence-electron chi connectivity index (χ2n) is 4.08. The molecule has 17 heavy (non-hydrogen) atoms. The van der Waals surface area contributed by atoms with Crippen LogP contribution in [0.25, 0.3) is 11.5 Å². The van der Waals surface area contributed by atoms with Crippen molar-refractivity contribution >= 4 is 11.6 Å². The molecule has 2 aromatic rings. The summed E-state index contributed by atoms with van der Waals surface area (Å²) >= 11 is 5.99. The third kappa shape index (κ3) is 2.77. The zero-order valence-corrected chi connectivity index (χ0v) is 10.7. The molecule has 0 aliphatic heterocycles. The fraction of sp³-hybridized carbons (Fsp3) is 0.333. The topological polar surface area (TPSA) is 51.6 Å². The smallest absolute Gasteiger partial charge is 0.179 e. The zero-order chi connectivity index (χ0) is 12.4. The highest BCUT2D eigenvalue weighted by molar-refractivity contribution is 6.29. The van der Waals surface area contributed by atoms with E-state index in [0.717, 1.165) is 5.69 Å². The van der Waals surface area contributed by atoms with E-state index >= 15 is 0 Å². The van der Waals surface area contributed by atoms with Gasteiger partial charge >= 0.3 is 0 Å². The molecule has 0 N–H and O–H groups in total. The van der Waals surface area contributed by atoms with Crippen molar-refractivity contribution in [2.45, 2.75) is 26.7 Å². The Morgan fingerprint density at radius 3 is 2.59 bits per heavy atom. The number of hydrogen-bond donors (Lipinski definition) is 0. The van der Waals surface area contributed by atoms with E-state index in [2.05, 4.69) is 33.8 Å². The summed E-state index contributed by atoms with van der Waals surface area (Å²) in [5.41, 5.74) is 1.61. The zero-order valence-electron chi connectivity index (χ0n) is 9.98. The highest BCUT2D eigenvalue weighted by atomic mass is 35.5. The first-order chi connectivity index (χ1) is 8.06. The summed E-state index contributed by atoms with van der Waals surface area (Å²) < 4.78 is 0. The van der Waals surface area contributed by atoms with Crippen LogP contribution in [-0.4, -0.2) is 19.9 Å². The normalized spacial score (nSPS) is 10.9. The molecule has 0 aliphatic carbocycles. The average molecular weight is 249 g/mol. The summed E-state index contributed by atoms with van der Waals surface area (Å²) in [4.78, 5) is 17.0. The number of hydrogen-bond acceptors (Lipinski definition) is 4. The molecule has 0 atom stereocenters. The first kappa shape index (κ1) is 11.9. The highest BCUT2D eigenvalue weighted by Gasteiger charge is 2.09. The van der Waals surface area contributed by atoms with Gasteiger partial charge in [0.05, 0.1) is 0 Å². The maximum absolute atomic E-state index is 5.99.